The van der Waals surface area contributed by atoms with E-state index in [0.717, 1.165) is 4.88 Å². The topological polar surface area (TPSA) is 66.4 Å². The Hall–Kier alpha value is -1.07. The maximum Gasteiger partial charge on any atom is 0.315 e. The molecule has 4 nitrogen and oxygen atoms in total. The molecule has 0 aliphatic heterocycles. The van der Waals surface area contributed by atoms with Gasteiger partial charge in [0.05, 0.1) is 10.4 Å². The molecule has 2 atom stereocenters. The van der Waals surface area contributed by atoms with Crippen molar-refractivity contribution in [3.8, 4) is 0 Å². The lowest BCUT2D eigenvalue weighted by molar-refractivity contribution is -0.146. The van der Waals surface area contributed by atoms with E-state index in [1.807, 2.05) is 6.07 Å². The second-order valence-electron chi connectivity index (χ2n) is 3.43. The zero-order chi connectivity index (χ0) is 12.3. The lowest BCUT2D eigenvalue weighted by atomic mass is 10.1. The summed E-state index contributed by atoms with van der Waals surface area (Å²) in [5, 5.41) is 11.3. The molecule has 0 spiro atoms. The summed E-state index contributed by atoms with van der Waals surface area (Å²) in [6, 6.07) is 3.32. The number of nitrogens with one attached hydrogen (secondary N) is 1. The second-order valence-corrected chi connectivity index (χ2v) is 5.18. The van der Waals surface area contributed by atoms with Crippen LogP contribution in [0, 0.1) is 5.92 Å². The second kappa shape index (κ2) is 5.32. The molecular formula is C10H12ClNO3S. The molecule has 1 heterocycles. The third-order valence-corrected chi connectivity index (χ3v) is 3.56. The summed E-state index contributed by atoms with van der Waals surface area (Å²) in [4.78, 5) is 22.9. The molecule has 0 aliphatic carbocycles. The van der Waals surface area contributed by atoms with Gasteiger partial charge in [-0.05, 0) is 26.0 Å². The first-order valence-electron chi connectivity index (χ1n) is 4.70. The van der Waals surface area contributed by atoms with Crippen LogP contribution in [0.25, 0.3) is 0 Å². The van der Waals surface area contributed by atoms with Gasteiger partial charge in [-0.2, -0.15) is 0 Å². The van der Waals surface area contributed by atoms with Gasteiger partial charge in [0.25, 0.3) is 0 Å². The summed E-state index contributed by atoms with van der Waals surface area (Å²) < 4.78 is 0.641. The Morgan fingerprint density at radius 1 is 1.44 bits per heavy atom. The Morgan fingerprint density at radius 2 is 2.06 bits per heavy atom. The Morgan fingerprint density at radius 3 is 2.50 bits per heavy atom. The summed E-state index contributed by atoms with van der Waals surface area (Å²) in [6.45, 7) is 3.14. The van der Waals surface area contributed by atoms with Crippen molar-refractivity contribution in [3.05, 3.63) is 21.3 Å². The van der Waals surface area contributed by atoms with E-state index in [9.17, 15) is 9.59 Å². The first-order valence-corrected chi connectivity index (χ1v) is 5.89. The fraction of sp³-hybridized carbons (Fsp3) is 0.400. The summed E-state index contributed by atoms with van der Waals surface area (Å²) in [5.41, 5.74) is 0. The highest BCUT2D eigenvalue weighted by atomic mass is 35.5. The van der Waals surface area contributed by atoms with Crippen molar-refractivity contribution in [2.75, 3.05) is 0 Å². The molecule has 0 fully saturated rings. The number of carbonyl (C=O) groups excluding carboxylic acids is 1. The minimum atomic E-state index is -1.13. The maximum absolute atomic E-state index is 11.5. The molecule has 0 saturated carbocycles. The van der Waals surface area contributed by atoms with Crippen LogP contribution in [-0.2, 0) is 9.59 Å². The zero-order valence-electron chi connectivity index (χ0n) is 8.86. The van der Waals surface area contributed by atoms with Crippen molar-refractivity contribution in [1.82, 2.24) is 5.32 Å². The third-order valence-electron chi connectivity index (χ3n) is 2.14. The van der Waals surface area contributed by atoms with Crippen LogP contribution in [0.15, 0.2) is 12.1 Å². The van der Waals surface area contributed by atoms with Gasteiger partial charge in [0.1, 0.15) is 5.92 Å². The number of thiophene rings is 1. The predicted molar refractivity (Wildman–Crippen MR) is 62.7 cm³/mol. The summed E-state index contributed by atoms with van der Waals surface area (Å²) in [7, 11) is 0. The van der Waals surface area contributed by atoms with Crippen LogP contribution in [0.3, 0.4) is 0 Å². The SMILES string of the molecule is CC(C(=O)O)C(=O)NC(C)c1ccc(Cl)s1. The fourth-order valence-corrected chi connectivity index (χ4v) is 2.15. The van der Waals surface area contributed by atoms with Gasteiger partial charge >= 0.3 is 5.97 Å². The Kier molecular flexibility index (Phi) is 4.32. The van der Waals surface area contributed by atoms with Crippen LogP contribution >= 0.6 is 22.9 Å². The highest BCUT2D eigenvalue weighted by molar-refractivity contribution is 7.16. The van der Waals surface area contributed by atoms with Gasteiger partial charge in [-0.25, -0.2) is 0 Å². The van der Waals surface area contributed by atoms with E-state index in [2.05, 4.69) is 5.32 Å². The Labute approximate surface area is 102 Å². The van der Waals surface area contributed by atoms with E-state index in [1.54, 1.807) is 13.0 Å². The van der Waals surface area contributed by atoms with E-state index in [1.165, 1.54) is 18.3 Å². The van der Waals surface area contributed by atoms with Gasteiger partial charge < -0.3 is 10.4 Å². The molecule has 0 bridgehead atoms. The first-order chi connectivity index (χ1) is 7.41. The van der Waals surface area contributed by atoms with E-state index >= 15 is 0 Å². The zero-order valence-corrected chi connectivity index (χ0v) is 10.4. The quantitative estimate of drug-likeness (QED) is 0.818. The van der Waals surface area contributed by atoms with Gasteiger partial charge in [0.15, 0.2) is 0 Å². The Balaban J connectivity index is 2.61. The first kappa shape index (κ1) is 13.0. The number of carbonyl (C=O) groups is 2. The van der Waals surface area contributed by atoms with Crippen molar-refractivity contribution in [2.45, 2.75) is 19.9 Å². The van der Waals surface area contributed by atoms with Crippen molar-refractivity contribution < 1.29 is 14.7 Å². The molecular weight excluding hydrogens is 250 g/mol. The number of halogens is 1. The molecule has 1 aromatic rings. The molecule has 0 aliphatic rings. The van der Waals surface area contributed by atoms with Crippen molar-refractivity contribution in [1.29, 1.82) is 0 Å². The number of carboxylic acids is 1. The standard InChI is InChI=1S/C10H12ClNO3S/c1-5(10(14)15)9(13)12-6(2)7-3-4-8(11)16-7/h3-6H,1-2H3,(H,12,13)(H,14,15). The highest BCUT2D eigenvalue weighted by Crippen LogP contribution is 2.26. The Bertz CT molecular complexity index is 405. The number of hydrogen-bond acceptors (Lipinski definition) is 3. The summed E-state index contributed by atoms with van der Waals surface area (Å²) in [5.74, 6) is -2.67. The normalized spacial score (nSPS) is 14.2. The smallest absolute Gasteiger partial charge is 0.315 e. The van der Waals surface area contributed by atoms with Crippen LogP contribution in [0.2, 0.25) is 4.34 Å². The van der Waals surface area contributed by atoms with Gasteiger partial charge in [0.2, 0.25) is 5.91 Å². The van der Waals surface area contributed by atoms with E-state index in [4.69, 9.17) is 16.7 Å². The van der Waals surface area contributed by atoms with Gasteiger partial charge in [-0.1, -0.05) is 11.6 Å². The molecule has 0 aromatic carbocycles. The van der Waals surface area contributed by atoms with Gasteiger partial charge in [0, 0.05) is 4.88 Å². The fourth-order valence-electron chi connectivity index (χ4n) is 1.08. The lowest BCUT2D eigenvalue weighted by Crippen LogP contribution is -2.34. The molecule has 2 N–H and O–H groups in total. The minimum absolute atomic E-state index is 0.230. The molecule has 6 heteroatoms. The van der Waals surface area contributed by atoms with Crippen molar-refractivity contribution >= 4 is 34.8 Å². The molecule has 2 unspecified atom stereocenters. The largest absolute Gasteiger partial charge is 0.481 e. The summed E-state index contributed by atoms with van der Waals surface area (Å²) >= 11 is 7.13. The molecule has 1 amide bonds. The molecule has 0 saturated heterocycles. The van der Waals surface area contributed by atoms with Crippen LogP contribution in [0.4, 0.5) is 0 Å². The van der Waals surface area contributed by atoms with Crippen molar-refractivity contribution in [3.63, 3.8) is 0 Å². The minimum Gasteiger partial charge on any atom is -0.481 e. The van der Waals surface area contributed by atoms with Crippen LogP contribution < -0.4 is 5.32 Å². The van der Waals surface area contributed by atoms with Crippen LogP contribution in [-0.4, -0.2) is 17.0 Å². The number of hydrogen-bond donors (Lipinski definition) is 2. The van der Waals surface area contributed by atoms with E-state index < -0.39 is 17.8 Å². The van der Waals surface area contributed by atoms with Gasteiger partial charge in [-0.3, -0.25) is 9.59 Å². The molecule has 16 heavy (non-hydrogen) atoms. The molecule has 88 valence electrons. The predicted octanol–water partition coefficient (Wildman–Crippen LogP) is 2.30. The third kappa shape index (κ3) is 3.21. The van der Waals surface area contributed by atoms with Crippen LogP contribution in [0.1, 0.15) is 24.8 Å². The lowest BCUT2D eigenvalue weighted by Gasteiger charge is -2.14. The highest BCUT2D eigenvalue weighted by Gasteiger charge is 2.22. The van der Waals surface area contributed by atoms with Crippen molar-refractivity contribution in [2.24, 2.45) is 5.92 Å². The number of carboxylic acid groups (broad SMARTS) is 1. The molecule has 1 rings (SSSR count). The molecule has 0 radical (unpaired) electrons. The maximum atomic E-state index is 11.5. The average molecular weight is 262 g/mol. The number of aliphatic carboxylic acids is 1. The number of rotatable bonds is 4. The average Bonchev–Trinajstić information content (AvgIpc) is 2.63. The van der Waals surface area contributed by atoms with Crippen LogP contribution in [0.5, 0.6) is 0 Å². The van der Waals surface area contributed by atoms with E-state index in [-0.39, 0.29) is 6.04 Å². The molecule has 1 aromatic heterocycles. The van der Waals surface area contributed by atoms with E-state index in [0.29, 0.717) is 4.34 Å². The monoisotopic (exact) mass is 261 g/mol. The number of amides is 1. The summed E-state index contributed by atoms with van der Waals surface area (Å²) in [6.07, 6.45) is 0. The van der Waals surface area contributed by atoms with Gasteiger partial charge in [-0.15, -0.1) is 11.3 Å².